The average molecular weight is 208 g/mol. The highest BCUT2D eigenvalue weighted by molar-refractivity contribution is 5.70. The maximum Gasteiger partial charge on any atom is 0.409 e. The summed E-state index contributed by atoms with van der Waals surface area (Å²) in [4.78, 5) is 10.7. The molecule has 1 aromatic rings. The Hall–Kier alpha value is -1.71. The lowest BCUT2D eigenvalue weighted by Gasteiger charge is -2.23. The third-order valence-corrected chi connectivity index (χ3v) is 2.02. The predicted molar refractivity (Wildman–Crippen MR) is 59.8 cm³/mol. The van der Waals surface area contributed by atoms with Crippen molar-refractivity contribution in [1.29, 1.82) is 0 Å². The Balaban J connectivity index is 3.27. The molecule has 0 atom stereocenters. The second-order valence-corrected chi connectivity index (χ2v) is 4.39. The number of hydrogen-bond donors (Lipinski definition) is 2. The highest BCUT2D eigenvalue weighted by Crippen LogP contribution is 2.35. The van der Waals surface area contributed by atoms with Gasteiger partial charge in [-0.3, -0.25) is 0 Å². The zero-order valence-corrected chi connectivity index (χ0v) is 9.20. The smallest absolute Gasteiger partial charge is 0.409 e. The van der Waals surface area contributed by atoms with Crippen LogP contribution < -0.4 is 16.2 Å². The van der Waals surface area contributed by atoms with Gasteiger partial charge in [-0.05, 0) is 17.5 Å². The predicted octanol–water partition coefficient (Wildman–Crippen LogP) is 2.02. The van der Waals surface area contributed by atoms with Crippen molar-refractivity contribution < 1.29 is 9.53 Å². The molecule has 0 saturated heterocycles. The summed E-state index contributed by atoms with van der Waals surface area (Å²) in [6.45, 7) is 5.98. The Kier molecular flexibility index (Phi) is 2.88. The summed E-state index contributed by atoms with van der Waals surface area (Å²) in [5.74, 6) is 0.426. The number of rotatable bonds is 1. The Labute approximate surface area is 89.2 Å². The van der Waals surface area contributed by atoms with E-state index in [0.29, 0.717) is 11.4 Å². The van der Waals surface area contributed by atoms with Gasteiger partial charge in [0.1, 0.15) is 5.75 Å². The van der Waals surface area contributed by atoms with Gasteiger partial charge in [0.25, 0.3) is 0 Å². The lowest BCUT2D eigenvalue weighted by Crippen LogP contribution is -2.21. The van der Waals surface area contributed by atoms with E-state index in [0.717, 1.165) is 5.56 Å². The summed E-state index contributed by atoms with van der Waals surface area (Å²) in [5.41, 5.74) is 12.0. The average Bonchev–Trinajstić information content (AvgIpc) is 1.99. The maximum absolute atomic E-state index is 10.7. The molecule has 0 unspecified atom stereocenters. The van der Waals surface area contributed by atoms with E-state index in [9.17, 15) is 4.79 Å². The third-order valence-electron chi connectivity index (χ3n) is 2.02. The maximum atomic E-state index is 10.7. The molecule has 0 aliphatic heterocycles. The van der Waals surface area contributed by atoms with E-state index in [2.05, 4.69) is 0 Å². The van der Waals surface area contributed by atoms with E-state index in [-0.39, 0.29) is 5.41 Å². The zero-order chi connectivity index (χ0) is 11.6. The van der Waals surface area contributed by atoms with Gasteiger partial charge >= 0.3 is 6.09 Å². The van der Waals surface area contributed by atoms with Crippen LogP contribution in [0.3, 0.4) is 0 Å². The highest BCUT2D eigenvalue weighted by atomic mass is 16.5. The summed E-state index contributed by atoms with van der Waals surface area (Å²) in [6.07, 6.45) is -0.828. The first-order valence-corrected chi connectivity index (χ1v) is 4.68. The molecule has 1 amide bonds. The Morgan fingerprint density at radius 3 is 2.40 bits per heavy atom. The summed E-state index contributed by atoms with van der Waals surface area (Å²) < 4.78 is 4.91. The van der Waals surface area contributed by atoms with Crippen LogP contribution in [0.25, 0.3) is 0 Å². The lowest BCUT2D eigenvalue weighted by atomic mass is 9.85. The molecule has 1 aromatic carbocycles. The van der Waals surface area contributed by atoms with Crippen LogP contribution >= 0.6 is 0 Å². The van der Waals surface area contributed by atoms with Gasteiger partial charge in [-0.25, -0.2) is 4.79 Å². The number of anilines is 1. The summed E-state index contributed by atoms with van der Waals surface area (Å²) >= 11 is 0. The van der Waals surface area contributed by atoms with E-state index in [1.54, 1.807) is 18.2 Å². The topological polar surface area (TPSA) is 78.3 Å². The molecule has 0 aromatic heterocycles. The lowest BCUT2D eigenvalue weighted by molar-refractivity contribution is 0.210. The second-order valence-electron chi connectivity index (χ2n) is 4.39. The minimum absolute atomic E-state index is 0.198. The number of benzene rings is 1. The first-order chi connectivity index (χ1) is 6.82. The van der Waals surface area contributed by atoms with Crippen molar-refractivity contribution in [2.75, 3.05) is 5.73 Å². The third kappa shape index (κ3) is 2.62. The number of nitrogens with two attached hydrogens (primary N) is 2. The van der Waals surface area contributed by atoms with E-state index >= 15 is 0 Å². The standard InChI is InChI=1S/C11H16N2O2/c1-11(2,3)9-7(12)5-4-6-8(9)15-10(13)14/h4-6H,12H2,1-3H3,(H2,13,14). The fraction of sp³-hybridized carbons (Fsp3) is 0.364. The summed E-state index contributed by atoms with van der Waals surface area (Å²) in [7, 11) is 0. The molecule has 4 heteroatoms. The largest absolute Gasteiger partial charge is 0.410 e. The van der Waals surface area contributed by atoms with Crippen LogP contribution in [0.5, 0.6) is 5.75 Å². The van der Waals surface area contributed by atoms with Gasteiger partial charge in [0, 0.05) is 11.3 Å². The van der Waals surface area contributed by atoms with Crippen LogP contribution in [0.1, 0.15) is 26.3 Å². The summed E-state index contributed by atoms with van der Waals surface area (Å²) in [5, 5.41) is 0. The minimum Gasteiger partial charge on any atom is -0.410 e. The molecule has 82 valence electrons. The molecule has 0 spiro atoms. The van der Waals surface area contributed by atoms with Crippen LogP contribution in [0.15, 0.2) is 18.2 Å². The SMILES string of the molecule is CC(C)(C)c1c(N)cccc1OC(N)=O. The Morgan fingerprint density at radius 1 is 1.33 bits per heavy atom. The molecule has 0 radical (unpaired) electrons. The molecular formula is C11H16N2O2. The number of ether oxygens (including phenoxy) is 1. The quantitative estimate of drug-likeness (QED) is 0.693. The molecule has 1 rings (SSSR count). The number of hydrogen-bond acceptors (Lipinski definition) is 3. The van der Waals surface area contributed by atoms with E-state index in [4.69, 9.17) is 16.2 Å². The number of carbonyl (C=O) groups is 1. The second kappa shape index (κ2) is 3.81. The zero-order valence-electron chi connectivity index (χ0n) is 9.20. The monoisotopic (exact) mass is 208 g/mol. The van der Waals surface area contributed by atoms with Crippen LogP contribution in [-0.4, -0.2) is 6.09 Å². The molecule has 4 nitrogen and oxygen atoms in total. The Bertz CT molecular complexity index is 381. The number of nitrogen functional groups attached to an aromatic ring is 1. The van der Waals surface area contributed by atoms with Crippen molar-refractivity contribution in [3.63, 3.8) is 0 Å². The van der Waals surface area contributed by atoms with Crippen molar-refractivity contribution in [2.45, 2.75) is 26.2 Å². The van der Waals surface area contributed by atoms with Gasteiger partial charge < -0.3 is 16.2 Å². The first kappa shape index (κ1) is 11.4. The molecule has 15 heavy (non-hydrogen) atoms. The van der Waals surface area contributed by atoms with Crippen molar-refractivity contribution >= 4 is 11.8 Å². The van der Waals surface area contributed by atoms with Crippen molar-refractivity contribution in [3.05, 3.63) is 23.8 Å². The van der Waals surface area contributed by atoms with E-state index in [1.807, 2.05) is 20.8 Å². The van der Waals surface area contributed by atoms with Gasteiger partial charge in [0.15, 0.2) is 0 Å². The van der Waals surface area contributed by atoms with Gasteiger partial charge in [-0.1, -0.05) is 26.8 Å². The van der Waals surface area contributed by atoms with Crippen molar-refractivity contribution in [1.82, 2.24) is 0 Å². The number of amides is 1. The fourth-order valence-corrected chi connectivity index (χ4v) is 1.54. The highest BCUT2D eigenvalue weighted by Gasteiger charge is 2.22. The fourth-order valence-electron chi connectivity index (χ4n) is 1.54. The molecule has 0 bridgehead atoms. The number of primary amides is 1. The van der Waals surface area contributed by atoms with Crippen molar-refractivity contribution in [2.24, 2.45) is 5.73 Å². The van der Waals surface area contributed by atoms with E-state index in [1.165, 1.54) is 0 Å². The number of carbonyl (C=O) groups excluding carboxylic acids is 1. The van der Waals surface area contributed by atoms with Gasteiger partial charge in [-0.15, -0.1) is 0 Å². The summed E-state index contributed by atoms with van der Waals surface area (Å²) in [6, 6.07) is 5.18. The normalized spacial score (nSPS) is 11.1. The molecule has 4 N–H and O–H groups in total. The molecule has 0 fully saturated rings. The van der Waals surface area contributed by atoms with Gasteiger partial charge in [0.2, 0.25) is 0 Å². The van der Waals surface area contributed by atoms with Gasteiger partial charge in [-0.2, -0.15) is 0 Å². The molecule has 0 aliphatic carbocycles. The first-order valence-electron chi connectivity index (χ1n) is 4.68. The van der Waals surface area contributed by atoms with E-state index < -0.39 is 6.09 Å². The van der Waals surface area contributed by atoms with Crippen molar-refractivity contribution in [3.8, 4) is 5.75 Å². The van der Waals surface area contributed by atoms with Crippen LogP contribution in [0.2, 0.25) is 0 Å². The van der Waals surface area contributed by atoms with Crippen LogP contribution in [-0.2, 0) is 5.41 Å². The molecule has 0 saturated carbocycles. The minimum atomic E-state index is -0.828. The molecule has 0 aliphatic rings. The molecular weight excluding hydrogens is 192 g/mol. The van der Waals surface area contributed by atoms with Gasteiger partial charge in [0.05, 0.1) is 0 Å². The van der Waals surface area contributed by atoms with Crippen LogP contribution in [0, 0.1) is 0 Å². The molecule has 0 heterocycles. The van der Waals surface area contributed by atoms with Crippen LogP contribution in [0.4, 0.5) is 10.5 Å². The Morgan fingerprint density at radius 2 is 1.93 bits per heavy atom.